The topological polar surface area (TPSA) is 91.8 Å². The zero-order valence-electron chi connectivity index (χ0n) is 21.9. The molecule has 0 spiro atoms. The lowest BCUT2D eigenvalue weighted by molar-refractivity contribution is -0.141. The highest BCUT2D eigenvalue weighted by Gasteiger charge is 2.58. The maximum absolute atomic E-state index is 13.7. The molecule has 2 N–H and O–H groups in total. The zero-order valence-corrected chi connectivity index (χ0v) is 22.8. The minimum Gasteiger partial charge on any atom is -0.469 e. The van der Waals surface area contributed by atoms with Gasteiger partial charge in [-0.25, -0.2) is 4.98 Å². The van der Waals surface area contributed by atoms with Crippen LogP contribution in [0, 0.1) is 23.7 Å². The van der Waals surface area contributed by atoms with Crippen LogP contribution in [0.5, 0.6) is 0 Å². The molecule has 0 aromatic carbocycles. The number of ether oxygens (including phenoxy) is 1. The number of nitrogens with zero attached hydrogens (tertiary/aromatic N) is 2. The van der Waals surface area contributed by atoms with Crippen molar-refractivity contribution in [3.8, 4) is 0 Å². The number of fused-ring (bicyclic) bond motifs is 1. The number of carbonyl (C=O) groups is 2. The molecule has 200 valence electrons. The lowest BCUT2D eigenvalue weighted by Crippen LogP contribution is -2.53. The summed E-state index contributed by atoms with van der Waals surface area (Å²) in [5, 5.41) is 15.7. The first-order valence-electron chi connectivity index (χ1n) is 14.1. The van der Waals surface area contributed by atoms with Crippen molar-refractivity contribution in [1.29, 1.82) is 0 Å². The Kier molecular flexibility index (Phi) is 6.76. The van der Waals surface area contributed by atoms with E-state index in [1.807, 2.05) is 12.1 Å². The number of methoxy groups -OCH3 is 1. The van der Waals surface area contributed by atoms with Gasteiger partial charge in [-0.05, 0) is 79.9 Å². The largest absolute Gasteiger partial charge is 0.469 e. The number of carbonyl (C=O) groups excluding carboxylic acids is 2. The van der Waals surface area contributed by atoms with E-state index in [2.05, 4.69) is 23.2 Å². The van der Waals surface area contributed by atoms with E-state index in [-0.39, 0.29) is 23.8 Å². The van der Waals surface area contributed by atoms with E-state index in [1.54, 1.807) is 11.8 Å². The van der Waals surface area contributed by atoms with E-state index in [9.17, 15) is 14.7 Å². The Morgan fingerprint density at radius 2 is 2.03 bits per heavy atom. The van der Waals surface area contributed by atoms with Crippen molar-refractivity contribution in [3.63, 3.8) is 0 Å². The number of hydrogen-bond donors (Lipinski definition) is 2. The van der Waals surface area contributed by atoms with Crippen LogP contribution >= 0.6 is 11.8 Å². The number of thioether (sulfide) groups is 1. The number of aromatic nitrogens is 1. The van der Waals surface area contributed by atoms with Crippen LogP contribution in [0.15, 0.2) is 28.8 Å². The molecule has 1 saturated heterocycles. The van der Waals surface area contributed by atoms with Gasteiger partial charge in [-0.1, -0.05) is 25.8 Å². The Morgan fingerprint density at radius 3 is 2.81 bits per heavy atom. The Morgan fingerprint density at radius 1 is 1.22 bits per heavy atom. The second kappa shape index (κ2) is 9.92. The van der Waals surface area contributed by atoms with E-state index in [1.165, 1.54) is 25.5 Å². The summed E-state index contributed by atoms with van der Waals surface area (Å²) in [7, 11) is 1.44. The standard InChI is InChI=1S/C29H39N3O4S/c1-17-11-21-22-14-29(35,13-17)15-23(22)26(21)31-27(34)20-7-8-24(30-28(20)37-19-5-3-4-6-19)32-10-9-18(16-32)12-25(33)36-2/h7-8,11,17-19,22-23,26,35H,3-6,9-10,12-16H2,1-2H3,(H,31,34)/t17?,18-,22?,23?,26?,29-/m0/s1. The summed E-state index contributed by atoms with van der Waals surface area (Å²) < 4.78 is 4.86. The number of nitrogens with one attached hydrogen (secondary N) is 1. The summed E-state index contributed by atoms with van der Waals surface area (Å²) in [4.78, 5) is 32.7. The quantitative estimate of drug-likeness (QED) is 0.404. The third-order valence-electron chi connectivity index (χ3n) is 9.38. The molecule has 3 saturated carbocycles. The third-order valence-corrected chi connectivity index (χ3v) is 10.7. The van der Waals surface area contributed by atoms with E-state index < -0.39 is 5.60 Å². The second-order valence-corrected chi connectivity index (χ2v) is 13.4. The molecule has 37 heavy (non-hydrogen) atoms. The zero-order chi connectivity index (χ0) is 25.7. The number of pyridine rings is 1. The van der Waals surface area contributed by atoms with Crippen molar-refractivity contribution in [2.24, 2.45) is 23.7 Å². The summed E-state index contributed by atoms with van der Waals surface area (Å²) in [5.74, 6) is 2.03. The van der Waals surface area contributed by atoms with Crippen LogP contribution in [0.4, 0.5) is 5.82 Å². The van der Waals surface area contributed by atoms with E-state index in [4.69, 9.17) is 9.72 Å². The van der Waals surface area contributed by atoms with Gasteiger partial charge < -0.3 is 20.1 Å². The molecule has 6 atom stereocenters. The van der Waals surface area contributed by atoms with Gasteiger partial charge in [0, 0.05) is 18.3 Å². The molecule has 0 radical (unpaired) electrons. The number of aliphatic hydroxyl groups is 1. The molecule has 8 heteroatoms. The molecule has 1 aromatic rings. The van der Waals surface area contributed by atoms with Crippen LogP contribution in [-0.2, 0) is 9.53 Å². The fraction of sp³-hybridized carbons (Fsp3) is 0.690. The Balaban J connectivity index is 1.21. The van der Waals surface area contributed by atoms with Crippen LogP contribution in [0.25, 0.3) is 0 Å². The fourth-order valence-electron chi connectivity index (χ4n) is 7.65. The fourth-order valence-corrected chi connectivity index (χ4v) is 8.97. The Bertz CT molecular complexity index is 1100. The van der Waals surface area contributed by atoms with Gasteiger partial charge in [-0.15, -0.1) is 11.8 Å². The average molecular weight is 526 g/mol. The minimum atomic E-state index is -0.583. The van der Waals surface area contributed by atoms with Gasteiger partial charge in [0.1, 0.15) is 10.8 Å². The van der Waals surface area contributed by atoms with Gasteiger partial charge in [-0.3, -0.25) is 9.59 Å². The number of anilines is 1. The average Bonchev–Trinajstić information content (AvgIpc) is 3.59. The molecule has 4 aliphatic carbocycles. The maximum atomic E-state index is 13.7. The van der Waals surface area contributed by atoms with E-state index in [0.29, 0.717) is 35.0 Å². The van der Waals surface area contributed by atoms with Crippen molar-refractivity contribution in [2.45, 2.75) is 86.6 Å². The first-order chi connectivity index (χ1) is 17.8. The second-order valence-electron chi connectivity index (χ2n) is 12.1. The predicted molar refractivity (Wildman–Crippen MR) is 144 cm³/mol. The van der Waals surface area contributed by atoms with Crippen LogP contribution in [0.1, 0.15) is 75.1 Å². The van der Waals surface area contributed by atoms with Gasteiger partial charge in [0.25, 0.3) is 5.91 Å². The minimum absolute atomic E-state index is 0.0240. The number of rotatable bonds is 7. The number of esters is 1. The van der Waals surface area contributed by atoms with Crippen molar-refractivity contribution in [1.82, 2.24) is 10.3 Å². The Labute approximate surface area is 223 Å². The lowest BCUT2D eigenvalue weighted by atomic mass is 9.65. The molecule has 1 aromatic heterocycles. The molecule has 1 amide bonds. The Hall–Kier alpha value is -2.06. The summed E-state index contributed by atoms with van der Waals surface area (Å²) in [6.07, 6.45) is 10.9. The van der Waals surface area contributed by atoms with Crippen LogP contribution in [-0.4, -0.2) is 59.1 Å². The molecule has 2 heterocycles. The lowest BCUT2D eigenvalue weighted by Gasteiger charge is -2.45. The van der Waals surface area contributed by atoms with Crippen LogP contribution < -0.4 is 10.2 Å². The summed E-state index contributed by atoms with van der Waals surface area (Å²) in [6.45, 7) is 3.81. The van der Waals surface area contributed by atoms with Crippen LogP contribution in [0.3, 0.4) is 0 Å². The van der Waals surface area contributed by atoms with Gasteiger partial charge in [0.15, 0.2) is 0 Å². The van der Waals surface area contributed by atoms with Gasteiger partial charge in [-0.2, -0.15) is 0 Å². The summed E-state index contributed by atoms with van der Waals surface area (Å²) >= 11 is 1.76. The highest BCUT2D eigenvalue weighted by Crippen LogP contribution is 2.58. The summed E-state index contributed by atoms with van der Waals surface area (Å²) in [6, 6.07) is 3.94. The molecular weight excluding hydrogens is 486 g/mol. The van der Waals surface area contributed by atoms with Crippen molar-refractivity contribution < 1.29 is 19.4 Å². The molecule has 1 aliphatic heterocycles. The van der Waals surface area contributed by atoms with Gasteiger partial charge in [0.2, 0.25) is 0 Å². The number of hydrogen-bond acceptors (Lipinski definition) is 7. The molecular formula is C29H39N3O4S. The molecule has 5 aliphatic rings. The van der Waals surface area contributed by atoms with Crippen LogP contribution in [0.2, 0.25) is 0 Å². The third kappa shape index (κ3) is 4.91. The van der Waals surface area contributed by atoms with E-state index in [0.717, 1.165) is 62.5 Å². The number of allylic oxidation sites excluding steroid dienone is 1. The molecule has 4 fully saturated rings. The van der Waals surface area contributed by atoms with Crippen molar-refractivity contribution in [2.75, 3.05) is 25.1 Å². The molecule has 6 rings (SSSR count). The molecule has 4 unspecified atom stereocenters. The number of amides is 1. The highest BCUT2D eigenvalue weighted by molar-refractivity contribution is 7.99. The first kappa shape index (κ1) is 25.2. The predicted octanol–water partition coefficient (Wildman–Crippen LogP) is 4.34. The maximum Gasteiger partial charge on any atom is 0.305 e. The van der Waals surface area contributed by atoms with Crippen molar-refractivity contribution >= 4 is 29.5 Å². The smallest absolute Gasteiger partial charge is 0.305 e. The monoisotopic (exact) mass is 525 g/mol. The van der Waals surface area contributed by atoms with Gasteiger partial charge >= 0.3 is 5.97 Å². The highest BCUT2D eigenvalue weighted by atomic mass is 32.2. The first-order valence-corrected chi connectivity index (χ1v) is 14.9. The molecule has 2 bridgehead atoms. The molecule has 7 nitrogen and oxygen atoms in total. The van der Waals surface area contributed by atoms with E-state index >= 15 is 0 Å². The summed E-state index contributed by atoms with van der Waals surface area (Å²) in [5.41, 5.74) is 1.40. The van der Waals surface area contributed by atoms with Gasteiger partial charge in [0.05, 0.1) is 30.7 Å². The SMILES string of the molecule is COC(=O)C[C@@H]1CCN(c2ccc(C(=O)NC3C4=CC(C)C[C@]5(O)CC4C3C5)c(SC3CCCC3)n2)C1. The normalized spacial score (nSPS) is 34.6. The van der Waals surface area contributed by atoms with Crippen molar-refractivity contribution in [3.05, 3.63) is 29.3 Å².